The number of oxime groups is 1. The first-order valence-electron chi connectivity index (χ1n) is 7.17. The first kappa shape index (κ1) is 15.2. The Morgan fingerprint density at radius 1 is 1.38 bits per heavy atom. The highest BCUT2D eigenvalue weighted by Gasteiger charge is 2.29. The van der Waals surface area contributed by atoms with E-state index in [0.29, 0.717) is 13.2 Å². The third-order valence-electron chi connectivity index (χ3n) is 3.61. The molecule has 2 rings (SSSR count). The van der Waals surface area contributed by atoms with Crippen LogP contribution in [-0.4, -0.2) is 41.0 Å². The van der Waals surface area contributed by atoms with Crippen LogP contribution >= 0.6 is 0 Å². The number of amidine groups is 1. The first-order chi connectivity index (χ1) is 10.2. The third-order valence-corrected chi connectivity index (χ3v) is 3.61. The molecule has 0 spiro atoms. The fourth-order valence-corrected chi connectivity index (χ4v) is 2.52. The lowest BCUT2D eigenvalue weighted by atomic mass is 10.0. The number of carbonyl (C=O) groups excluding carboxylic acids is 1. The summed E-state index contributed by atoms with van der Waals surface area (Å²) in [5, 5.41) is 11.9. The molecule has 1 aromatic rings. The van der Waals surface area contributed by atoms with Crippen molar-refractivity contribution in [1.29, 1.82) is 0 Å². The zero-order chi connectivity index (χ0) is 15.1. The van der Waals surface area contributed by atoms with Gasteiger partial charge in [0.25, 0.3) is 0 Å². The van der Waals surface area contributed by atoms with Crippen molar-refractivity contribution < 1.29 is 14.7 Å². The number of nitrogens with zero attached hydrogens (tertiary/aromatic N) is 2. The summed E-state index contributed by atoms with van der Waals surface area (Å²) in [6.07, 6.45) is 2.94. The monoisotopic (exact) mass is 291 g/mol. The van der Waals surface area contributed by atoms with E-state index < -0.39 is 0 Å². The Kier molecular flexibility index (Phi) is 5.43. The molecule has 3 N–H and O–H groups in total. The second kappa shape index (κ2) is 7.52. The molecule has 1 aliphatic heterocycles. The van der Waals surface area contributed by atoms with Crippen LogP contribution < -0.4 is 10.5 Å². The van der Waals surface area contributed by atoms with Gasteiger partial charge < -0.3 is 20.6 Å². The lowest BCUT2D eigenvalue weighted by Crippen LogP contribution is -2.50. The second-order valence-corrected chi connectivity index (χ2v) is 5.04. The number of piperidine rings is 1. The van der Waals surface area contributed by atoms with Gasteiger partial charge in [0.1, 0.15) is 5.75 Å². The molecule has 1 amide bonds. The fraction of sp³-hybridized carbons (Fsp3) is 0.467. The Morgan fingerprint density at radius 3 is 2.86 bits per heavy atom. The van der Waals surface area contributed by atoms with Gasteiger partial charge in [-0.1, -0.05) is 23.4 Å². The number of para-hydroxylation sites is 1. The fourth-order valence-electron chi connectivity index (χ4n) is 2.52. The summed E-state index contributed by atoms with van der Waals surface area (Å²) in [5.41, 5.74) is 5.67. The van der Waals surface area contributed by atoms with Crippen LogP contribution in [0.2, 0.25) is 0 Å². The number of likely N-dealkylation sites (tertiary alicyclic amines) is 1. The Balaban J connectivity index is 1.86. The molecule has 0 aromatic heterocycles. The quantitative estimate of drug-likeness (QED) is 0.373. The first-order valence-corrected chi connectivity index (χ1v) is 7.17. The van der Waals surface area contributed by atoms with Crippen LogP contribution in [0.4, 0.5) is 0 Å². The van der Waals surface area contributed by atoms with E-state index in [4.69, 9.17) is 15.7 Å². The van der Waals surface area contributed by atoms with Gasteiger partial charge in [-0.15, -0.1) is 0 Å². The zero-order valence-corrected chi connectivity index (χ0v) is 11.9. The average Bonchev–Trinajstić information content (AvgIpc) is 2.55. The highest BCUT2D eigenvalue weighted by atomic mass is 16.5. The molecule has 1 aromatic carbocycles. The predicted molar refractivity (Wildman–Crippen MR) is 79.3 cm³/mol. The highest BCUT2D eigenvalue weighted by Crippen LogP contribution is 2.18. The van der Waals surface area contributed by atoms with Crippen molar-refractivity contribution in [1.82, 2.24) is 4.90 Å². The Hall–Kier alpha value is -2.24. The largest absolute Gasteiger partial charge is 0.493 e. The van der Waals surface area contributed by atoms with E-state index in [1.54, 1.807) is 4.90 Å². The van der Waals surface area contributed by atoms with Crippen LogP contribution in [0, 0.1) is 0 Å². The Morgan fingerprint density at radius 2 is 2.14 bits per heavy atom. The SMILES string of the molecule is NC(=NO)C1CCCCN1C(=O)CCOc1ccccc1. The molecule has 1 heterocycles. The summed E-state index contributed by atoms with van der Waals surface area (Å²) < 4.78 is 5.53. The maximum atomic E-state index is 12.3. The normalized spacial score (nSPS) is 19.3. The van der Waals surface area contributed by atoms with E-state index in [1.807, 2.05) is 30.3 Å². The molecule has 6 heteroatoms. The van der Waals surface area contributed by atoms with Crippen LogP contribution in [-0.2, 0) is 4.79 Å². The minimum Gasteiger partial charge on any atom is -0.493 e. The number of nitrogens with two attached hydrogens (primary N) is 1. The lowest BCUT2D eigenvalue weighted by Gasteiger charge is -2.34. The topological polar surface area (TPSA) is 88.2 Å². The minimum absolute atomic E-state index is 0.0257. The van der Waals surface area contributed by atoms with Gasteiger partial charge in [0, 0.05) is 6.54 Å². The van der Waals surface area contributed by atoms with Crippen molar-refractivity contribution in [3.63, 3.8) is 0 Å². The summed E-state index contributed by atoms with van der Waals surface area (Å²) in [4.78, 5) is 14.0. The lowest BCUT2D eigenvalue weighted by molar-refractivity contribution is -0.133. The molecule has 0 saturated carbocycles. The van der Waals surface area contributed by atoms with Gasteiger partial charge in [0.15, 0.2) is 5.84 Å². The summed E-state index contributed by atoms with van der Waals surface area (Å²) in [7, 11) is 0. The molecule has 0 radical (unpaired) electrons. The van der Waals surface area contributed by atoms with E-state index in [9.17, 15) is 4.79 Å². The molecule has 1 aliphatic rings. The number of carbonyl (C=O) groups is 1. The number of hydrogen-bond acceptors (Lipinski definition) is 4. The number of benzene rings is 1. The summed E-state index contributed by atoms with van der Waals surface area (Å²) in [5.74, 6) is 0.825. The van der Waals surface area contributed by atoms with Gasteiger partial charge in [-0.25, -0.2) is 0 Å². The maximum Gasteiger partial charge on any atom is 0.226 e. The molecule has 1 saturated heterocycles. The van der Waals surface area contributed by atoms with Gasteiger partial charge in [0.05, 0.1) is 19.1 Å². The zero-order valence-electron chi connectivity index (χ0n) is 11.9. The predicted octanol–water partition coefficient (Wildman–Crippen LogP) is 1.58. The number of amides is 1. The van der Waals surface area contributed by atoms with Gasteiger partial charge in [-0.05, 0) is 31.4 Å². The van der Waals surface area contributed by atoms with Crippen LogP contribution in [0.25, 0.3) is 0 Å². The highest BCUT2D eigenvalue weighted by molar-refractivity contribution is 5.90. The molecule has 1 unspecified atom stereocenters. The molecule has 1 atom stereocenters. The van der Waals surface area contributed by atoms with E-state index >= 15 is 0 Å². The number of hydrogen-bond donors (Lipinski definition) is 2. The van der Waals surface area contributed by atoms with E-state index in [1.165, 1.54) is 0 Å². The van der Waals surface area contributed by atoms with E-state index in [2.05, 4.69) is 5.16 Å². The number of rotatable bonds is 5. The van der Waals surface area contributed by atoms with Crippen LogP contribution in [0.15, 0.2) is 35.5 Å². The van der Waals surface area contributed by atoms with Crippen molar-refractivity contribution in [2.45, 2.75) is 31.7 Å². The number of ether oxygens (including phenoxy) is 1. The van der Waals surface area contributed by atoms with Gasteiger partial charge in [0.2, 0.25) is 5.91 Å². The van der Waals surface area contributed by atoms with Gasteiger partial charge in [-0.3, -0.25) is 4.79 Å². The molecular weight excluding hydrogens is 270 g/mol. The van der Waals surface area contributed by atoms with E-state index in [0.717, 1.165) is 25.0 Å². The summed E-state index contributed by atoms with van der Waals surface area (Å²) in [6.45, 7) is 0.966. The second-order valence-electron chi connectivity index (χ2n) is 5.04. The Labute approximate surface area is 124 Å². The van der Waals surface area contributed by atoms with Crippen molar-refractivity contribution in [2.24, 2.45) is 10.9 Å². The van der Waals surface area contributed by atoms with Crippen LogP contribution in [0.3, 0.4) is 0 Å². The molecule has 114 valence electrons. The van der Waals surface area contributed by atoms with Crippen molar-refractivity contribution in [2.75, 3.05) is 13.2 Å². The van der Waals surface area contributed by atoms with Crippen LogP contribution in [0.5, 0.6) is 5.75 Å². The maximum absolute atomic E-state index is 12.3. The molecule has 21 heavy (non-hydrogen) atoms. The molecule has 0 bridgehead atoms. The average molecular weight is 291 g/mol. The smallest absolute Gasteiger partial charge is 0.226 e. The van der Waals surface area contributed by atoms with Crippen LogP contribution in [0.1, 0.15) is 25.7 Å². The van der Waals surface area contributed by atoms with Crippen molar-refractivity contribution >= 4 is 11.7 Å². The third kappa shape index (κ3) is 4.11. The Bertz CT molecular complexity index is 490. The molecule has 1 fully saturated rings. The standard InChI is InChI=1S/C15H21N3O3/c16-15(17-20)13-8-4-5-10-18(13)14(19)9-11-21-12-6-2-1-3-7-12/h1-3,6-7,13,20H,4-5,8-11H2,(H2,16,17). The van der Waals surface area contributed by atoms with Gasteiger partial charge >= 0.3 is 0 Å². The molecule has 0 aliphatic carbocycles. The summed E-state index contributed by atoms with van der Waals surface area (Å²) >= 11 is 0. The van der Waals surface area contributed by atoms with E-state index in [-0.39, 0.29) is 24.2 Å². The molecular formula is C15H21N3O3. The van der Waals surface area contributed by atoms with Gasteiger partial charge in [-0.2, -0.15) is 0 Å². The minimum atomic E-state index is -0.298. The summed E-state index contributed by atoms with van der Waals surface area (Å²) in [6, 6.07) is 9.09. The van der Waals surface area contributed by atoms with Crippen molar-refractivity contribution in [3.05, 3.63) is 30.3 Å². The van der Waals surface area contributed by atoms with Crippen molar-refractivity contribution in [3.8, 4) is 5.75 Å². The molecule has 6 nitrogen and oxygen atoms in total.